The molecule has 20 heteroatoms. The summed E-state index contributed by atoms with van der Waals surface area (Å²) in [6, 6.07) is 16.6. The van der Waals surface area contributed by atoms with Gasteiger partial charge < -0.3 is 45.2 Å². The second-order valence-electron chi connectivity index (χ2n) is 17.0. The SMILES string of the molecule is CC(C)(C)OC(=O)NC1=NC(/C(=N/OC(C)(C)C(=O)OC(C)(C)C)C(=O)N[C@@H]2C(=O)N[C@@H]2CNC(=O)NCc2cc(=O)c(OCc3ccccc3)cn2OCc2ccccc2)CS1. The number of urea groups is 1. The number of carbonyl (C=O) groups excluding carboxylic acids is 5. The van der Waals surface area contributed by atoms with Crippen LogP contribution in [0.3, 0.4) is 0 Å². The lowest BCUT2D eigenvalue weighted by Crippen LogP contribution is -2.72. The highest BCUT2D eigenvalue weighted by molar-refractivity contribution is 8.14. The number of hydrogen-bond donors (Lipinski definition) is 5. The van der Waals surface area contributed by atoms with E-state index in [9.17, 15) is 28.8 Å². The summed E-state index contributed by atoms with van der Waals surface area (Å²) in [5.41, 5.74) is -1.90. The third-order valence-electron chi connectivity index (χ3n) is 8.79. The first-order chi connectivity index (χ1) is 29.7. The maximum absolute atomic E-state index is 13.8. The molecule has 1 saturated heterocycles. The molecule has 0 saturated carbocycles. The number of aromatic nitrogens is 1. The van der Waals surface area contributed by atoms with Gasteiger partial charge in [0.1, 0.15) is 36.5 Å². The summed E-state index contributed by atoms with van der Waals surface area (Å²) < 4.78 is 17.9. The number of carbonyl (C=O) groups is 5. The lowest BCUT2D eigenvalue weighted by Gasteiger charge is -2.37. The van der Waals surface area contributed by atoms with E-state index in [1.165, 1.54) is 30.8 Å². The molecule has 5 amide bonds. The van der Waals surface area contributed by atoms with Crippen molar-refractivity contribution < 1.29 is 47.9 Å². The first kappa shape index (κ1) is 47.5. The fraction of sp³-hybridized carbons (Fsp3) is 0.442. The number of thioether (sulfide) groups is 1. The summed E-state index contributed by atoms with van der Waals surface area (Å²) in [5.74, 6) is -1.93. The van der Waals surface area contributed by atoms with Crippen LogP contribution >= 0.6 is 11.8 Å². The van der Waals surface area contributed by atoms with Gasteiger partial charge in [0, 0.05) is 18.4 Å². The molecular weight excluding hydrogens is 837 g/mol. The van der Waals surface area contributed by atoms with Gasteiger partial charge in [-0.05, 0) is 66.5 Å². The lowest BCUT2D eigenvalue weighted by molar-refractivity contribution is -0.179. The summed E-state index contributed by atoms with van der Waals surface area (Å²) in [4.78, 5) is 94.1. The molecule has 2 aliphatic heterocycles. The number of amides is 5. The minimum atomic E-state index is -1.64. The van der Waals surface area contributed by atoms with Crippen molar-refractivity contribution in [1.82, 2.24) is 31.3 Å². The number of hydrogen-bond acceptors (Lipinski definition) is 14. The lowest BCUT2D eigenvalue weighted by atomic mass is 9.98. The molecule has 0 bridgehead atoms. The van der Waals surface area contributed by atoms with E-state index < -0.39 is 70.3 Å². The summed E-state index contributed by atoms with van der Waals surface area (Å²) in [6.07, 6.45) is 0.674. The fourth-order valence-electron chi connectivity index (χ4n) is 5.61. The molecule has 338 valence electrons. The Morgan fingerprint density at radius 2 is 1.51 bits per heavy atom. The van der Waals surface area contributed by atoms with Crippen LogP contribution in [0.2, 0.25) is 0 Å². The molecule has 1 unspecified atom stereocenters. The van der Waals surface area contributed by atoms with Gasteiger partial charge in [0.25, 0.3) is 5.91 Å². The minimum absolute atomic E-state index is 0.0526. The van der Waals surface area contributed by atoms with Crippen molar-refractivity contribution in [3.05, 3.63) is 100.0 Å². The zero-order valence-corrected chi connectivity index (χ0v) is 37.3. The highest BCUT2D eigenvalue weighted by Gasteiger charge is 2.43. The summed E-state index contributed by atoms with van der Waals surface area (Å²) >= 11 is 1.12. The number of amidine groups is 1. The average Bonchev–Trinajstić information content (AvgIpc) is 3.66. The van der Waals surface area contributed by atoms with Crippen LogP contribution in [-0.4, -0.2) is 92.7 Å². The largest absolute Gasteiger partial charge is 0.483 e. The summed E-state index contributed by atoms with van der Waals surface area (Å²) in [5, 5.41) is 17.4. The van der Waals surface area contributed by atoms with Gasteiger partial charge in [0.2, 0.25) is 16.9 Å². The number of ether oxygens (including phenoxy) is 3. The Kier molecular flexibility index (Phi) is 15.5. The number of pyridine rings is 1. The Labute approximate surface area is 369 Å². The first-order valence-electron chi connectivity index (χ1n) is 20.1. The molecule has 5 rings (SSSR count). The van der Waals surface area contributed by atoms with E-state index in [4.69, 9.17) is 23.9 Å². The van der Waals surface area contributed by atoms with E-state index in [1.807, 2.05) is 60.7 Å². The number of β-lactam (4-membered cyclic amide) rings is 1. The van der Waals surface area contributed by atoms with E-state index in [-0.39, 0.29) is 48.7 Å². The van der Waals surface area contributed by atoms with Crippen LogP contribution in [0.5, 0.6) is 5.75 Å². The molecule has 1 aromatic heterocycles. The van der Waals surface area contributed by atoms with Crippen molar-refractivity contribution in [3.63, 3.8) is 0 Å². The highest BCUT2D eigenvalue weighted by Crippen LogP contribution is 2.22. The zero-order chi connectivity index (χ0) is 46.0. The number of esters is 1. The second kappa shape index (κ2) is 20.5. The molecule has 3 heterocycles. The number of alkyl carbamates (subject to hydrolysis) is 1. The molecule has 19 nitrogen and oxygen atoms in total. The Morgan fingerprint density at radius 3 is 2.13 bits per heavy atom. The third-order valence-corrected chi connectivity index (χ3v) is 9.75. The predicted molar refractivity (Wildman–Crippen MR) is 234 cm³/mol. The summed E-state index contributed by atoms with van der Waals surface area (Å²) in [6.45, 7) is 13.1. The van der Waals surface area contributed by atoms with Crippen molar-refractivity contribution in [2.24, 2.45) is 10.1 Å². The van der Waals surface area contributed by atoms with Gasteiger partial charge in [-0.3, -0.25) is 24.7 Å². The summed E-state index contributed by atoms with van der Waals surface area (Å²) in [7, 11) is 0. The molecule has 0 spiro atoms. The van der Waals surface area contributed by atoms with E-state index in [2.05, 4.69) is 36.7 Å². The van der Waals surface area contributed by atoms with Gasteiger partial charge in [-0.15, -0.1) is 0 Å². The smallest absolute Gasteiger partial charge is 0.413 e. The van der Waals surface area contributed by atoms with Crippen molar-refractivity contribution in [3.8, 4) is 5.75 Å². The zero-order valence-electron chi connectivity index (χ0n) is 36.4. The molecule has 0 radical (unpaired) electrons. The molecular formula is C43H54N8O11S. The molecule has 2 aromatic carbocycles. The number of nitrogens with zero attached hydrogens (tertiary/aromatic N) is 3. The van der Waals surface area contributed by atoms with Crippen LogP contribution < -0.4 is 41.6 Å². The van der Waals surface area contributed by atoms with Crippen molar-refractivity contribution in [1.29, 1.82) is 0 Å². The first-order valence-corrected chi connectivity index (χ1v) is 21.1. The predicted octanol–water partition coefficient (Wildman–Crippen LogP) is 3.33. The second-order valence-corrected chi connectivity index (χ2v) is 18.0. The van der Waals surface area contributed by atoms with Crippen LogP contribution in [0.25, 0.3) is 0 Å². The van der Waals surface area contributed by atoms with Crippen LogP contribution in [0.1, 0.15) is 72.2 Å². The monoisotopic (exact) mass is 890 g/mol. The highest BCUT2D eigenvalue weighted by atomic mass is 32.2. The van der Waals surface area contributed by atoms with Crippen molar-refractivity contribution in [2.45, 2.75) is 110 Å². The average molecular weight is 891 g/mol. The van der Waals surface area contributed by atoms with E-state index in [0.29, 0.717) is 5.69 Å². The Hall–Kier alpha value is -6.57. The van der Waals surface area contributed by atoms with Crippen LogP contribution in [0.15, 0.2) is 87.9 Å². The van der Waals surface area contributed by atoms with Crippen molar-refractivity contribution in [2.75, 3.05) is 12.3 Å². The fourth-order valence-corrected chi connectivity index (χ4v) is 6.51. The van der Waals surface area contributed by atoms with Crippen LogP contribution in [0, 0.1) is 0 Å². The maximum atomic E-state index is 13.8. The third kappa shape index (κ3) is 14.5. The number of aliphatic imine (C=N–C) groups is 1. The molecule has 3 aromatic rings. The maximum Gasteiger partial charge on any atom is 0.413 e. The van der Waals surface area contributed by atoms with E-state index >= 15 is 0 Å². The van der Waals surface area contributed by atoms with Crippen molar-refractivity contribution >= 4 is 52.5 Å². The minimum Gasteiger partial charge on any atom is -0.483 e. The van der Waals surface area contributed by atoms with Gasteiger partial charge in [0.15, 0.2) is 16.6 Å². The standard InChI is InChI=1S/C43H54N8O11S/c1-41(2,3)60-37(55)43(7,8)62-50-34(30-25-63-39(47-30)49-40(57)61-42(4,5)6)36(54)48-33-29(46-35(33)53)21-45-38(56)44-20-28-19-31(52)32(58-23-26-15-11-9-12-16-26)22-51(28)59-24-27-17-13-10-14-18-27/h9-19,22,29-30,33H,20-21,23-25H2,1-8H3,(H,46,53)(H,48,54)(H2,44,45,56)(H,47,49,57)/b50-34-/t29-,30?,33+/m1/s1. The number of rotatable bonds is 16. The van der Waals surface area contributed by atoms with Crippen LogP contribution in [-0.2, 0) is 48.5 Å². The van der Waals surface area contributed by atoms with Gasteiger partial charge in [0.05, 0.1) is 24.5 Å². The Balaban J connectivity index is 1.23. The van der Waals surface area contributed by atoms with Gasteiger partial charge in [-0.1, -0.05) is 77.6 Å². The molecule has 1 fully saturated rings. The Morgan fingerprint density at radius 1 is 0.873 bits per heavy atom. The topological polar surface area (TPSA) is 238 Å². The number of oxime groups is 1. The molecule has 0 aliphatic carbocycles. The molecule has 2 aliphatic rings. The molecule has 5 N–H and O–H groups in total. The van der Waals surface area contributed by atoms with E-state index in [1.54, 1.807) is 41.5 Å². The molecule has 3 atom stereocenters. The quantitative estimate of drug-likeness (QED) is 0.0603. The van der Waals surface area contributed by atoms with Gasteiger partial charge >= 0.3 is 18.1 Å². The normalized spacial score (nSPS) is 17.5. The number of benzene rings is 2. The Bertz CT molecular complexity index is 2250. The van der Waals surface area contributed by atoms with Gasteiger partial charge in [-0.2, -0.15) is 4.73 Å². The van der Waals surface area contributed by atoms with E-state index in [0.717, 1.165) is 22.9 Å². The van der Waals surface area contributed by atoms with Crippen LogP contribution in [0.4, 0.5) is 9.59 Å². The number of nitrogens with one attached hydrogen (secondary N) is 5. The molecule has 63 heavy (non-hydrogen) atoms. The van der Waals surface area contributed by atoms with Gasteiger partial charge in [-0.25, -0.2) is 14.4 Å².